The Labute approximate surface area is 144 Å². The zero-order valence-electron chi connectivity index (χ0n) is 13.9. The smallest absolute Gasteiger partial charge is 0.335 e. The number of amides is 1. The molecule has 0 saturated carbocycles. The number of hydrogen-bond donors (Lipinski definition) is 2. The van der Waals surface area contributed by atoms with Crippen molar-refractivity contribution in [3.05, 3.63) is 77.1 Å². The Morgan fingerprint density at radius 1 is 1.08 bits per heavy atom. The van der Waals surface area contributed by atoms with Crippen molar-refractivity contribution in [2.45, 2.75) is 13.8 Å². The number of rotatable bonds is 4. The van der Waals surface area contributed by atoms with Gasteiger partial charge in [-0.2, -0.15) is 5.10 Å². The fourth-order valence-electron chi connectivity index (χ4n) is 2.55. The SMILES string of the molecule is Cc1ccc(C(=O)Nc2cnn(-c3ccc(C(=O)O)cc3)c2)c(C)c1. The molecule has 6 nitrogen and oxygen atoms in total. The number of aryl methyl sites for hydroxylation is 2. The van der Waals surface area contributed by atoms with Gasteiger partial charge in [-0.25, -0.2) is 9.48 Å². The molecule has 0 fully saturated rings. The van der Waals surface area contributed by atoms with Crippen LogP contribution in [0, 0.1) is 13.8 Å². The molecule has 0 radical (unpaired) electrons. The molecular formula is C19H17N3O3. The molecule has 0 aliphatic carbocycles. The topological polar surface area (TPSA) is 84.2 Å². The lowest BCUT2D eigenvalue weighted by molar-refractivity contribution is 0.0696. The van der Waals surface area contributed by atoms with Crippen molar-refractivity contribution in [3.63, 3.8) is 0 Å². The summed E-state index contributed by atoms with van der Waals surface area (Å²) >= 11 is 0. The second-order valence-electron chi connectivity index (χ2n) is 5.80. The van der Waals surface area contributed by atoms with Crippen molar-refractivity contribution in [2.24, 2.45) is 0 Å². The summed E-state index contributed by atoms with van der Waals surface area (Å²) in [4.78, 5) is 23.3. The number of carboxylic acid groups (broad SMARTS) is 1. The van der Waals surface area contributed by atoms with Crippen LogP contribution in [-0.2, 0) is 0 Å². The highest BCUT2D eigenvalue weighted by Crippen LogP contribution is 2.16. The Morgan fingerprint density at radius 3 is 2.44 bits per heavy atom. The van der Waals surface area contributed by atoms with Gasteiger partial charge in [-0.05, 0) is 49.7 Å². The summed E-state index contributed by atoms with van der Waals surface area (Å²) in [5, 5.41) is 15.9. The molecule has 3 aromatic rings. The van der Waals surface area contributed by atoms with Gasteiger partial charge in [-0.15, -0.1) is 0 Å². The van der Waals surface area contributed by atoms with Gasteiger partial charge in [0.05, 0.1) is 29.3 Å². The lowest BCUT2D eigenvalue weighted by Gasteiger charge is -2.06. The maximum absolute atomic E-state index is 12.4. The molecule has 0 bridgehead atoms. The number of carboxylic acids is 1. The molecule has 0 saturated heterocycles. The van der Waals surface area contributed by atoms with Crippen LogP contribution in [0.25, 0.3) is 5.69 Å². The van der Waals surface area contributed by atoms with E-state index in [1.54, 1.807) is 35.3 Å². The van der Waals surface area contributed by atoms with E-state index < -0.39 is 5.97 Å². The molecule has 0 spiro atoms. The number of nitrogens with zero attached hydrogens (tertiary/aromatic N) is 2. The first kappa shape index (κ1) is 16.4. The van der Waals surface area contributed by atoms with E-state index in [0.717, 1.165) is 11.1 Å². The Bertz CT molecular complexity index is 943. The molecular weight excluding hydrogens is 318 g/mol. The summed E-state index contributed by atoms with van der Waals surface area (Å²) in [7, 11) is 0. The molecule has 0 atom stereocenters. The molecule has 0 aliphatic heterocycles. The van der Waals surface area contributed by atoms with E-state index >= 15 is 0 Å². The van der Waals surface area contributed by atoms with Gasteiger partial charge in [0.25, 0.3) is 5.91 Å². The molecule has 1 heterocycles. The number of hydrogen-bond acceptors (Lipinski definition) is 3. The van der Waals surface area contributed by atoms with Gasteiger partial charge < -0.3 is 10.4 Å². The predicted octanol–water partition coefficient (Wildman–Crippen LogP) is 3.44. The Kier molecular flexibility index (Phi) is 4.35. The van der Waals surface area contributed by atoms with Gasteiger partial charge in [-0.3, -0.25) is 4.79 Å². The highest BCUT2D eigenvalue weighted by molar-refractivity contribution is 6.05. The fourth-order valence-corrected chi connectivity index (χ4v) is 2.55. The Balaban J connectivity index is 1.77. The standard InChI is InChI=1S/C19H17N3O3/c1-12-3-8-17(13(2)9-12)18(23)21-15-10-20-22(11-15)16-6-4-14(5-7-16)19(24)25/h3-11H,1-2H3,(H,21,23)(H,24,25). The first-order valence-electron chi connectivity index (χ1n) is 7.71. The average Bonchev–Trinajstić information content (AvgIpc) is 3.03. The second-order valence-corrected chi connectivity index (χ2v) is 5.80. The van der Waals surface area contributed by atoms with E-state index in [-0.39, 0.29) is 11.5 Å². The minimum atomic E-state index is -0.978. The molecule has 6 heteroatoms. The number of carbonyl (C=O) groups excluding carboxylic acids is 1. The quantitative estimate of drug-likeness (QED) is 0.765. The minimum absolute atomic E-state index is 0.196. The van der Waals surface area contributed by atoms with E-state index in [1.807, 2.05) is 26.0 Å². The van der Waals surface area contributed by atoms with E-state index in [0.29, 0.717) is 16.9 Å². The van der Waals surface area contributed by atoms with Gasteiger partial charge in [-0.1, -0.05) is 17.7 Å². The summed E-state index contributed by atoms with van der Waals surface area (Å²) in [6.45, 7) is 3.88. The number of anilines is 1. The van der Waals surface area contributed by atoms with Crippen molar-refractivity contribution in [3.8, 4) is 5.69 Å². The Morgan fingerprint density at radius 2 is 1.80 bits per heavy atom. The van der Waals surface area contributed by atoms with Crippen LogP contribution in [-0.4, -0.2) is 26.8 Å². The van der Waals surface area contributed by atoms with Gasteiger partial charge in [0.1, 0.15) is 0 Å². The number of carbonyl (C=O) groups is 2. The van der Waals surface area contributed by atoms with Crippen LogP contribution in [0.5, 0.6) is 0 Å². The maximum Gasteiger partial charge on any atom is 0.335 e. The minimum Gasteiger partial charge on any atom is -0.478 e. The number of nitrogens with one attached hydrogen (secondary N) is 1. The summed E-state index contributed by atoms with van der Waals surface area (Å²) in [5.41, 5.74) is 4.11. The van der Waals surface area contributed by atoms with Crippen LogP contribution in [0.15, 0.2) is 54.9 Å². The first-order chi connectivity index (χ1) is 11.9. The number of aromatic nitrogens is 2. The summed E-state index contributed by atoms with van der Waals surface area (Å²) in [6.07, 6.45) is 3.23. The van der Waals surface area contributed by atoms with Crippen LogP contribution in [0.4, 0.5) is 5.69 Å². The third kappa shape index (κ3) is 3.58. The molecule has 126 valence electrons. The van der Waals surface area contributed by atoms with Crippen molar-refractivity contribution in [1.29, 1.82) is 0 Å². The van der Waals surface area contributed by atoms with E-state index in [1.165, 1.54) is 12.1 Å². The molecule has 3 rings (SSSR count). The van der Waals surface area contributed by atoms with E-state index in [4.69, 9.17) is 5.11 Å². The monoisotopic (exact) mass is 335 g/mol. The molecule has 2 aromatic carbocycles. The van der Waals surface area contributed by atoms with E-state index in [2.05, 4.69) is 10.4 Å². The van der Waals surface area contributed by atoms with Gasteiger partial charge in [0.15, 0.2) is 0 Å². The molecule has 0 unspecified atom stereocenters. The van der Waals surface area contributed by atoms with E-state index in [9.17, 15) is 9.59 Å². The maximum atomic E-state index is 12.4. The molecule has 1 aromatic heterocycles. The van der Waals surface area contributed by atoms with Gasteiger partial charge in [0, 0.05) is 5.56 Å². The average molecular weight is 335 g/mol. The third-order valence-electron chi connectivity index (χ3n) is 3.85. The number of aromatic carboxylic acids is 1. The molecule has 0 aliphatic rings. The molecule has 1 amide bonds. The van der Waals surface area contributed by atoms with Gasteiger partial charge >= 0.3 is 5.97 Å². The van der Waals surface area contributed by atoms with Crippen molar-refractivity contribution >= 4 is 17.6 Å². The second kappa shape index (κ2) is 6.60. The summed E-state index contributed by atoms with van der Waals surface area (Å²) in [5.74, 6) is -1.17. The first-order valence-corrected chi connectivity index (χ1v) is 7.71. The summed E-state index contributed by atoms with van der Waals surface area (Å²) < 4.78 is 1.57. The number of benzene rings is 2. The lowest BCUT2D eigenvalue weighted by atomic mass is 10.1. The van der Waals surface area contributed by atoms with Crippen molar-refractivity contribution in [1.82, 2.24) is 9.78 Å². The third-order valence-corrected chi connectivity index (χ3v) is 3.85. The predicted molar refractivity (Wildman–Crippen MR) is 94.4 cm³/mol. The zero-order chi connectivity index (χ0) is 18.0. The van der Waals surface area contributed by atoms with Crippen LogP contribution in [0.3, 0.4) is 0 Å². The van der Waals surface area contributed by atoms with Crippen molar-refractivity contribution < 1.29 is 14.7 Å². The molecule has 2 N–H and O–H groups in total. The Hall–Kier alpha value is -3.41. The van der Waals surface area contributed by atoms with Crippen molar-refractivity contribution in [2.75, 3.05) is 5.32 Å². The zero-order valence-corrected chi connectivity index (χ0v) is 13.9. The van der Waals surface area contributed by atoms with Crippen LogP contribution >= 0.6 is 0 Å². The van der Waals surface area contributed by atoms with Gasteiger partial charge in [0.2, 0.25) is 0 Å². The summed E-state index contributed by atoms with van der Waals surface area (Å²) in [6, 6.07) is 12.0. The van der Waals surface area contributed by atoms with Crippen LogP contribution < -0.4 is 5.32 Å². The normalized spacial score (nSPS) is 10.5. The fraction of sp³-hybridized carbons (Fsp3) is 0.105. The highest BCUT2D eigenvalue weighted by Gasteiger charge is 2.11. The largest absolute Gasteiger partial charge is 0.478 e. The van der Waals surface area contributed by atoms with Crippen LogP contribution in [0.2, 0.25) is 0 Å². The van der Waals surface area contributed by atoms with Crippen LogP contribution in [0.1, 0.15) is 31.8 Å². The highest BCUT2D eigenvalue weighted by atomic mass is 16.4. The molecule has 25 heavy (non-hydrogen) atoms. The lowest BCUT2D eigenvalue weighted by Crippen LogP contribution is -2.13.